The van der Waals surface area contributed by atoms with E-state index in [9.17, 15) is 9.18 Å². The van der Waals surface area contributed by atoms with Gasteiger partial charge in [-0.25, -0.2) is 9.37 Å². The van der Waals surface area contributed by atoms with Gasteiger partial charge >= 0.3 is 0 Å². The van der Waals surface area contributed by atoms with E-state index < -0.39 is 0 Å². The fraction of sp³-hybridized carbons (Fsp3) is 0.143. The first-order valence-electron chi connectivity index (χ1n) is 8.43. The molecule has 0 bridgehead atoms. The van der Waals surface area contributed by atoms with Gasteiger partial charge in [-0.2, -0.15) is 0 Å². The Hall–Kier alpha value is -3.21. The Morgan fingerprint density at radius 2 is 1.81 bits per heavy atom. The van der Waals surface area contributed by atoms with E-state index >= 15 is 0 Å². The smallest absolute Gasteiger partial charge is 0.257 e. The third-order valence-electron chi connectivity index (χ3n) is 4.05. The van der Waals surface area contributed by atoms with Gasteiger partial charge in [0.1, 0.15) is 11.6 Å². The molecule has 26 heavy (non-hydrogen) atoms. The van der Waals surface area contributed by atoms with Crippen LogP contribution in [0.1, 0.15) is 21.5 Å². The number of carbonyl (C=O) groups excluding carboxylic acids is 1. The minimum Gasteiger partial charge on any atom is -0.383 e. The summed E-state index contributed by atoms with van der Waals surface area (Å²) in [6.07, 6.45) is 2.46. The van der Waals surface area contributed by atoms with Crippen LogP contribution in [0.5, 0.6) is 0 Å². The van der Waals surface area contributed by atoms with Crippen molar-refractivity contribution in [3.05, 3.63) is 89.4 Å². The Bertz CT molecular complexity index is 877. The molecule has 0 atom stereocenters. The van der Waals surface area contributed by atoms with Crippen molar-refractivity contribution in [1.82, 2.24) is 4.98 Å². The molecule has 3 rings (SSSR count). The number of hydrogen-bond acceptors (Lipinski definition) is 3. The van der Waals surface area contributed by atoms with Gasteiger partial charge in [-0.15, -0.1) is 0 Å². The molecule has 0 aliphatic rings. The maximum Gasteiger partial charge on any atom is 0.257 e. The minimum atomic E-state index is -0.228. The van der Waals surface area contributed by atoms with E-state index in [0.29, 0.717) is 17.9 Å². The van der Waals surface area contributed by atoms with Crippen LogP contribution in [0.25, 0.3) is 0 Å². The molecule has 4 nitrogen and oxygen atoms in total. The second kappa shape index (κ2) is 8.25. The molecule has 0 fully saturated rings. The summed E-state index contributed by atoms with van der Waals surface area (Å²) in [7, 11) is 0. The number of nitrogens with zero attached hydrogens (tertiary/aromatic N) is 1. The highest BCUT2D eigenvalue weighted by Gasteiger charge is 2.08. The van der Waals surface area contributed by atoms with Crippen LogP contribution in [0.15, 0.2) is 66.9 Å². The van der Waals surface area contributed by atoms with Gasteiger partial charge < -0.3 is 10.6 Å². The number of nitrogens with one attached hydrogen (secondary N) is 2. The lowest BCUT2D eigenvalue weighted by atomic mass is 10.1. The largest absolute Gasteiger partial charge is 0.383 e. The molecule has 3 aromatic rings. The van der Waals surface area contributed by atoms with Crippen LogP contribution >= 0.6 is 0 Å². The van der Waals surface area contributed by atoms with Crippen LogP contribution in [-0.2, 0) is 6.42 Å². The molecule has 0 saturated heterocycles. The maximum atomic E-state index is 12.9. The van der Waals surface area contributed by atoms with E-state index in [1.165, 1.54) is 12.1 Å². The summed E-state index contributed by atoms with van der Waals surface area (Å²) in [6, 6.07) is 17.5. The normalized spacial score (nSPS) is 10.4. The first kappa shape index (κ1) is 17.6. The standard InChI is InChI=1S/C21H20FN3O/c1-15-4-2-3-5-19(15)21(26)25-20-11-10-18(14-24-20)23-13-12-16-6-8-17(22)9-7-16/h2-11,14,23H,12-13H2,1H3,(H,24,25,26). The van der Waals surface area contributed by atoms with Crippen LogP contribution in [0.2, 0.25) is 0 Å². The third kappa shape index (κ3) is 4.66. The highest BCUT2D eigenvalue weighted by molar-refractivity contribution is 6.04. The monoisotopic (exact) mass is 349 g/mol. The first-order chi connectivity index (χ1) is 12.6. The number of benzene rings is 2. The zero-order valence-corrected chi connectivity index (χ0v) is 14.5. The van der Waals surface area contributed by atoms with E-state index in [1.807, 2.05) is 31.2 Å². The van der Waals surface area contributed by atoms with E-state index in [2.05, 4.69) is 15.6 Å². The topological polar surface area (TPSA) is 54.0 Å². The molecule has 0 radical (unpaired) electrons. The molecule has 1 amide bonds. The number of hydrogen-bond donors (Lipinski definition) is 2. The fourth-order valence-electron chi connectivity index (χ4n) is 2.59. The lowest BCUT2D eigenvalue weighted by Crippen LogP contribution is -2.14. The highest BCUT2D eigenvalue weighted by atomic mass is 19.1. The molecule has 0 saturated carbocycles. The second-order valence-electron chi connectivity index (χ2n) is 6.00. The Balaban J connectivity index is 1.52. The van der Waals surface area contributed by atoms with E-state index in [4.69, 9.17) is 0 Å². The molecule has 132 valence electrons. The second-order valence-corrected chi connectivity index (χ2v) is 6.00. The highest BCUT2D eigenvalue weighted by Crippen LogP contribution is 2.13. The molecule has 0 spiro atoms. The average Bonchev–Trinajstić information content (AvgIpc) is 2.65. The Morgan fingerprint density at radius 3 is 2.50 bits per heavy atom. The van der Waals surface area contributed by atoms with Gasteiger partial charge in [0.15, 0.2) is 0 Å². The van der Waals surface area contributed by atoms with Crippen molar-refractivity contribution in [3.8, 4) is 0 Å². The Kier molecular flexibility index (Phi) is 5.59. The zero-order chi connectivity index (χ0) is 18.4. The van der Waals surface area contributed by atoms with E-state index in [-0.39, 0.29) is 11.7 Å². The van der Waals surface area contributed by atoms with Crippen LogP contribution in [0.3, 0.4) is 0 Å². The van der Waals surface area contributed by atoms with Gasteiger partial charge in [-0.05, 0) is 54.8 Å². The van der Waals surface area contributed by atoms with Crippen molar-refractivity contribution in [2.45, 2.75) is 13.3 Å². The molecule has 2 N–H and O–H groups in total. The molecule has 0 aliphatic carbocycles. The number of rotatable bonds is 6. The number of carbonyl (C=O) groups is 1. The number of aryl methyl sites for hydroxylation is 1. The van der Waals surface area contributed by atoms with Gasteiger partial charge in [0.25, 0.3) is 5.91 Å². The molecular weight excluding hydrogens is 329 g/mol. The molecule has 1 aromatic heterocycles. The van der Waals surface area contributed by atoms with Gasteiger partial charge in [-0.1, -0.05) is 30.3 Å². The zero-order valence-electron chi connectivity index (χ0n) is 14.5. The van der Waals surface area contributed by atoms with Crippen LogP contribution in [-0.4, -0.2) is 17.4 Å². The average molecular weight is 349 g/mol. The van der Waals surface area contributed by atoms with Gasteiger partial charge in [0.2, 0.25) is 0 Å². The van der Waals surface area contributed by atoms with Crippen LogP contribution in [0.4, 0.5) is 15.9 Å². The molecule has 0 unspecified atom stereocenters. The minimum absolute atomic E-state index is 0.174. The predicted octanol–water partition coefficient (Wildman–Crippen LogP) is 4.44. The predicted molar refractivity (Wildman–Crippen MR) is 102 cm³/mol. The van der Waals surface area contributed by atoms with Crippen molar-refractivity contribution in [2.75, 3.05) is 17.2 Å². The van der Waals surface area contributed by atoms with E-state index in [0.717, 1.165) is 23.2 Å². The van der Waals surface area contributed by atoms with Crippen molar-refractivity contribution in [3.63, 3.8) is 0 Å². The summed E-state index contributed by atoms with van der Waals surface area (Å²) >= 11 is 0. The summed E-state index contributed by atoms with van der Waals surface area (Å²) in [5, 5.41) is 6.06. The van der Waals surface area contributed by atoms with Crippen molar-refractivity contribution in [1.29, 1.82) is 0 Å². The molecular formula is C21H20FN3O. The van der Waals surface area contributed by atoms with Gasteiger partial charge in [0, 0.05) is 12.1 Å². The SMILES string of the molecule is Cc1ccccc1C(=O)Nc1ccc(NCCc2ccc(F)cc2)cn1. The number of anilines is 2. The number of aromatic nitrogens is 1. The Labute approximate surface area is 152 Å². The van der Waals surface area contributed by atoms with Crippen molar-refractivity contribution in [2.24, 2.45) is 0 Å². The fourth-order valence-corrected chi connectivity index (χ4v) is 2.59. The molecule has 1 heterocycles. The van der Waals surface area contributed by atoms with Crippen LogP contribution in [0, 0.1) is 12.7 Å². The number of amides is 1. The Morgan fingerprint density at radius 1 is 1.04 bits per heavy atom. The summed E-state index contributed by atoms with van der Waals surface area (Å²) in [4.78, 5) is 16.5. The van der Waals surface area contributed by atoms with Gasteiger partial charge in [-0.3, -0.25) is 4.79 Å². The maximum absolute atomic E-state index is 12.9. The molecule has 5 heteroatoms. The van der Waals surface area contributed by atoms with Gasteiger partial charge in [0.05, 0.1) is 11.9 Å². The van der Waals surface area contributed by atoms with Crippen LogP contribution < -0.4 is 10.6 Å². The number of pyridine rings is 1. The van der Waals surface area contributed by atoms with Crippen molar-refractivity contribution >= 4 is 17.4 Å². The summed E-state index contributed by atoms with van der Waals surface area (Å²) < 4.78 is 12.9. The quantitative estimate of drug-likeness (QED) is 0.692. The van der Waals surface area contributed by atoms with Crippen molar-refractivity contribution < 1.29 is 9.18 Å². The first-order valence-corrected chi connectivity index (χ1v) is 8.43. The summed E-state index contributed by atoms with van der Waals surface area (Å²) in [5.41, 5.74) is 3.48. The molecule has 2 aromatic carbocycles. The lowest BCUT2D eigenvalue weighted by molar-refractivity contribution is 0.102. The summed E-state index contributed by atoms with van der Waals surface area (Å²) in [5.74, 6) is 0.101. The summed E-state index contributed by atoms with van der Waals surface area (Å²) in [6.45, 7) is 2.61. The van der Waals surface area contributed by atoms with E-state index in [1.54, 1.807) is 30.5 Å². The number of halogens is 1. The third-order valence-corrected chi connectivity index (χ3v) is 4.05. The molecule has 0 aliphatic heterocycles. The lowest BCUT2D eigenvalue weighted by Gasteiger charge is -2.09.